The van der Waals surface area contributed by atoms with Crippen molar-refractivity contribution >= 4 is 22.2 Å². The predicted molar refractivity (Wildman–Crippen MR) is 93.8 cm³/mol. The maximum atomic E-state index is 12.3. The van der Waals surface area contributed by atoms with Crippen LogP contribution in [0.1, 0.15) is 42.6 Å². The summed E-state index contributed by atoms with van der Waals surface area (Å²) in [5, 5.41) is 2.78. The number of para-hydroxylation sites is 1. The molecule has 4 rings (SSSR count). The van der Waals surface area contributed by atoms with E-state index < -0.39 is 0 Å². The molecule has 3 heterocycles. The second kappa shape index (κ2) is 5.91. The maximum absolute atomic E-state index is 12.3. The first-order valence-electron chi connectivity index (χ1n) is 8.02. The molecule has 0 spiro atoms. The Hall–Kier alpha value is -1.98. The van der Waals surface area contributed by atoms with Crippen LogP contribution in [-0.2, 0) is 0 Å². The molecule has 1 fully saturated rings. The molecule has 2 aromatic heterocycles. The molecule has 1 saturated heterocycles. The number of aromatic amines is 1. The molecule has 0 radical (unpaired) electrons. The molecule has 0 bridgehead atoms. The van der Waals surface area contributed by atoms with Gasteiger partial charge in [0.25, 0.3) is 5.56 Å². The van der Waals surface area contributed by atoms with Crippen LogP contribution in [0.5, 0.6) is 0 Å². The van der Waals surface area contributed by atoms with Gasteiger partial charge in [0, 0.05) is 10.9 Å². The highest BCUT2D eigenvalue weighted by atomic mass is 32.1. The fourth-order valence-corrected chi connectivity index (χ4v) is 4.38. The average molecular weight is 325 g/mol. The molecular formula is C18H19N3OS. The summed E-state index contributed by atoms with van der Waals surface area (Å²) in [7, 11) is 0. The number of hydrogen-bond donors (Lipinski definition) is 1. The van der Waals surface area contributed by atoms with Crippen molar-refractivity contribution in [2.45, 2.75) is 31.8 Å². The number of nitrogens with zero attached hydrogens (tertiary/aromatic N) is 2. The molecular weight excluding hydrogens is 306 g/mol. The van der Waals surface area contributed by atoms with E-state index in [4.69, 9.17) is 4.98 Å². The molecule has 23 heavy (non-hydrogen) atoms. The van der Waals surface area contributed by atoms with Crippen LogP contribution in [0.25, 0.3) is 10.9 Å². The number of benzene rings is 1. The lowest BCUT2D eigenvalue weighted by atomic mass is 10.1. The van der Waals surface area contributed by atoms with Gasteiger partial charge in [-0.2, -0.15) is 0 Å². The normalized spacial score (nSPS) is 20.1. The van der Waals surface area contributed by atoms with E-state index in [1.807, 2.05) is 35.6 Å². The van der Waals surface area contributed by atoms with E-state index in [0.717, 1.165) is 17.9 Å². The highest BCUT2D eigenvalue weighted by Gasteiger charge is 2.32. The Bertz CT molecular complexity index is 871. The summed E-state index contributed by atoms with van der Waals surface area (Å²) in [5.74, 6) is 0.761. The maximum Gasteiger partial charge on any atom is 0.258 e. The quantitative estimate of drug-likeness (QED) is 0.795. The van der Waals surface area contributed by atoms with Crippen molar-refractivity contribution in [1.82, 2.24) is 14.9 Å². The first-order chi connectivity index (χ1) is 11.2. The molecule has 4 nitrogen and oxygen atoms in total. The summed E-state index contributed by atoms with van der Waals surface area (Å²) in [5.41, 5.74) is 0.717. The Balaban J connectivity index is 1.71. The first kappa shape index (κ1) is 14.6. The lowest BCUT2D eigenvalue weighted by Gasteiger charge is -2.29. The molecule has 0 amide bonds. The Labute approximate surface area is 138 Å². The fraction of sp³-hybridized carbons (Fsp3) is 0.333. The van der Waals surface area contributed by atoms with Gasteiger partial charge in [-0.05, 0) is 49.9 Å². The number of fused-ring (bicyclic) bond motifs is 1. The third-order valence-corrected chi connectivity index (χ3v) is 5.66. The average Bonchev–Trinajstić information content (AvgIpc) is 3.25. The number of hydrogen-bond acceptors (Lipinski definition) is 4. The second-order valence-corrected chi connectivity index (χ2v) is 7.03. The molecule has 0 saturated carbocycles. The minimum atomic E-state index is -0.0516. The zero-order chi connectivity index (χ0) is 15.8. The number of nitrogens with one attached hydrogen (secondary N) is 1. The number of likely N-dealkylation sites (tertiary alicyclic amines) is 1. The van der Waals surface area contributed by atoms with Crippen molar-refractivity contribution in [2.24, 2.45) is 0 Å². The molecule has 3 aromatic rings. The molecule has 2 atom stereocenters. The summed E-state index contributed by atoms with van der Waals surface area (Å²) < 4.78 is 0. The summed E-state index contributed by atoms with van der Waals surface area (Å²) >= 11 is 1.81. The van der Waals surface area contributed by atoms with Crippen LogP contribution in [0.4, 0.5) is 0 Å². The van der Waals surface area contributed by atoms with E-state index in [-0.39, 0.29) is 11.6 Å². The lowest BCUT2D eigenvalue weighted by Crippen LogP contribution is -2.29. The van der Waals surface area contributed by atoms with Gasteiger partial charge in [-0.1, -0.05) is 18.2 Å². The van der Waals surface area contributed by atoms with E-state index in [1.54, 1.807) is 0 Å². The van der Waals surface area contributed by atoms with Crippen molar-refractivity contribution < 1.29 is 0 Å². The van der Waals surface area contributed by atoms with Crippen LogP contribution in [0, 0.1) is 0 Å². The fourth-order valence-electron chi connectivity index (χ4n) is 3.50. The van der Waals surface area contributed by atoms with Gasteiger partial charge in [-0.3, -0.25) is 9.69 Å². The van der Waals surface area contributed by atoms with Crippen molar-refractivity contribution in [3.05, 3.63) is 62.8 Å². The second-order valence-electron chi connectivity index (χ2n) is 6.06. The Morgan fingerprint density at radius 2 is 2.17 bits per heavy atom. The Morgan fingerprint density at radius 1 is 1.30 bits per heavy atom. The van der Waals surface area contributed by atoms with Gasteiger partial charge in [0.15, 0.2) is 0 Å². The van der Waals surface area contributed by atoms with Crippen LogP contribution >= 0.6 is 11.3 Å². The van der Waals surface area contributed by atoms with E-state index in [1.165, 1.54) is 17.7 Å². The highest BCUT2D eigenvalue weighted by Crippen LogP contribution is 2.39. The molecule has 1 N–H and O–H groups in total. The zero-order valence-electron chi connectivity index (χ0n) is 13.0. The third kappa shape index (κ3) is 2.60. The molecule has 1 aromatic carbocycles. The van der Waals surface area contributed by atoms with Crippen LogP contribution in [0.3, 0.4) is 0 Å². The van der Waals surface area contributed by atoms with Crippen LogP contribution in [-0.4, -0.2) is 21.4 Å². The van der Waals surface area contributed by atoms with E-state index in [9.17, 15) is 4.79 Å². The van der Waals surface area contributed by atoms with Gasteiger partial charge in [-0.15, -0.1) is 11.3 Å². The smallest absolute Gasteiger partial charge is 0.258 e. The zero-order valence-corrected chi connectivity index (χ0v) is 13.8. The molecule has 0 unspecified atom stereocenters. The molecule has 0 aliphatic carbocycles. The van der Waals surface area contributed by atoms with E-state index >= 15 is 0 Å². The summed E-state index contributed by atoms with van der Waals surface area (Å²) in [4.78, 5) is 23.9. The largest absolute Gasteiger partial charge is 0.309 e. The lowest BCUT2D eigenvalue weighted by molar-refractivity contribution is 0.189. The van der Waals surface area contributed by atoms with Crippen LogP contribution in [0.15, 0.2) is 46.6 Å². The van der Waals surface area contributed by atoms with Gasteiger partial charge in [0.05, 0.1) is 16.9 Å². The van der Waals surface area contributed by atoms with Crippen LogP contribution < -0.4 is 5.56 Å². The monoisotopic (exact) mass is 325 g/mol. The summed E-state index contributed by atoms with van der Waals surface area (Å²) in [6.07, 6.45) is 2.35. The minimum absolute atomic E-state index is 0.0516. The molecule has 5 heteroatoms. The molecule has 1 aliphatic heterocycles. The minimum Gasteiger partial charge on any atom is -0.309 e. The highest BCUT2D eigenvalue weighted by molar-refractivity contribution is 7.10. The van der Waals surface area contributed by atoms with Crippen molar-refractivity contribution in [1.29, 1.82) is 0 Å². The summed E-state index contributed by atoms with van der Waals surface area (Å²) in [6.45, 7) is 3.18. The van der Waals surface area contributed by atoms with E-state index in [0.29, 0.717) is 11.4 Å². The van der Waals surface area contributed by atoms with E-state index in [2.05, 4.69) is 34.3 Å². The topological polar surface area (TPSA) is 49.0 Å². The van der Waals surface area contributed by atoms with Crippen molar-refractivity contribution in [2.75, 3.05) is 6.54 Å². The number of H-pyrrole nitrogens is 1. The van der Waals surface area contributed by atoms with Crippen molar-refractivity contribution in [3.63, 3.8) is 0 Å². The Kier molecular flexibility index (Phi) is 3.75. The Morgan fingerprint density at radius 3 is 3.00 bits per heavy atom. The van der Waals surface area contributed by atoms with Crippen molar-refractivity contribution in [3.8, 4) is 0 Å². The summed E-state index contributed by atoms with van der Waals surface area (Å²) in [6, 6.07) is 12.4. The number of aromatic nitrogens is 2. The first-order valence-corrected chi connectivity index (χ1v) is 8.90. The number of rotatable bonds is 3. The third-order valence-electron chi connectivity index (χ3n) is 4.69. The molecule has 1 aliphatic rings. The van der Waals surface area contributed by atoms with Gasteiger partial charge in [0.2, 0.25) is 0 Å². The predicted octanol–water partition coefficient (Wildman–Crippen LogP) is 3.88. The number of thiophene rings is 1. The van der Waals surface area contributed by atoms with Gasteiger partial charge in [0.1, 0.15) is 5.82 Å². The SMILES string of the molecule is C[C@@H](c1nc2ccccc2c(=O)[nH]1)N1CCC[C@@H]1c1cccs1. The van der Waals surface area contributed by atoms with Crippen LogP contribution in [0.2, 0.25) is 0 Å². The standard InChI is InChI=1S/C18H19N3OS/c1-12(21-10-4-8-15(21)16-9-5-11-23-16)17-19-14-7-3-2-6-13(14)18(22)20-17/h2-3,5-7,9,11-12,15H,4,8,10H2,1H3,(H,19,20,22)/t12-,15+/m0/s1. The van der Waals surface area contributed by atoms with Gasteiger partial charge >= 0.3 is 0 Å². The van der Waals surface area contributed by atoms with Gasteiger partial charge in [-0.25, -0.2) is 4.98 Å². The van der Waals surface area contributed by atoms with Gasteiger partial charge < -0.3 is 4.98 Å². The molecule has 118 valence electrons.